The van der Waals surface area contributed by atoms with E-state index < -0.39 is 24.4 Å². The van der Waals surface area contributed by atoms with Gasteiger partial charge in [-0.3, -0.25) is 4.79 Å². The van der Waals surface area contributed by atoms with E-state index in [1.165, 1.54) is 0 Å². The van der Waals surface area contributed by atoms with Crippen molar-refractivity contribution in [3.05, 3.63) is 0 Å². The van der Waals surface area contributed by atoms with E-state index in [-0.39, 0.29) is 6.61 Å². The zero-order chi connectivity index (χ0) is 8.85. The van der Waals surface area contributed by atoms with Crippen LogP contribution in [-0.4, -0.2) is 24.6 Å². The number of carboxylic acid groups (broad SMARTS) is 1. The Labute approximate surface area is 64.1 Å². The van der Waals surface area contributed by atoms with Crippen LogP contribution in [0.4, 0.5) is 0 Å². The summed E-state index contributed by atoms with van der Waals surface area (Å²) < 4.78 is 4.45. The molecule has 0 saturated heterocycles. The van der Waals surface area contributed by atoms with Gasteiger partial charge in [-0.25, -0.2) is 0 Å². The molecule has 64 valence electrons. The first kappa shape index (κ1) is 9.90. The zero-order valence-electron chi connectivity index (χ0n) is 6.20. The van der Waals surface area contributed by atoms with Gasteiger partial charge in [-0.05, 0) is 6.92 Å². The Bertz CT molecular complexity index is 157. The van der Waals surface area contributed by atoms with E-state index in [2.05, 4.69) is 4.74 Å². The average Bonchev–Trinajstić information content (AvgIpc) is 1.86. The molecule has 0 saturated carbocycles. The van der Waals surface area contributed by atoms with E-state index in [0.29, 0.717) is 0 Å². The van der Waals surface area contributed by atoms with Gasteiger partial charge in [0.15, 0.2) is 0 Å². The molecular weight excluding hydrogens is 150 g/mol. The first-order valence-corrected chi connectivity index (χ1v) is 3.20. The summed E-state index contributed by atoms with van der Waals surface area (Å²) in [5.74, 6) is -2.07. The Kier molecular flexibility index (Phi) is 4.21. The molecule has 0 amide bonds. The number of nitrogens with two attached hydrogens (primary N) is 1. The lowest BCUT2D eigenvalue weighted by molar-refractivity contribution is -0.306. The molecule has 11 heavy (non-hydrogen) atoms. The maximum atomic E-state index is 10.6. The Morgan fingerprint density at radius 2 is 2.18 bits per heavy atom. The van der Waals surface area contributed by atoms with Crippen LogP contribution in [0, 0.1) is 0 Å². The van der Waals surface area contributed by atoms with E-state index in [9.17, 15) is 14.7 Å². The first-order chi connectivity index (χ1) is 5.07. The molecule has 0 aromatic rings. The quantitative estimate of drug-likeness (QED) is 0.481. The number of carbonyl (C=O) groups excluding carboxylic acids is 2. The molecule has 0 aliphatic carbocycles. The van der Waals surface area contributed by atoms with Gasteiger partial charge in [0.25, 0.3) is 0 Å². The maximum Gasteiger partial charge on any atom is 0.323 e. The normalized spacial score (nSPS) is 12.2. The number of carboxylic acids is 1. The molecule has 0 spiro atoms. The van der Waals surface area contributed by atoms with Crippen molar-refractivity contribution in [2.24, 2.45) is 5.73 Å². The molecule has 0 heterocycles. The third kappa shape index (κ3) is 4.32. The largest absolute Gasteiger partial charge is 0.550 e. The third-order valence-corrected chi connectivity index (χ3v) is 0.976. The summed E-state index contributed by atoms with van der Waals surface area (Å²) in [5, 5.41) is 9.92. The lowest BCUT2D eigenvalue weighted by Crippen LogP contribution is -2.38. The Balaban J connectivity index is 3.73. The third-order valence-electron chi connectivity index (χ3n) is 0.976. The van der Waals surface area contributed by atoms with Crippen LogP contribution in [0.1, 0.15) is 13.3 Å². The molecule has 5 nitrogen and oxygen atoms in total. The molecule has 2 N–H and O–H groups in total. The van der Waals surface area contributed by atoms with Crippen LogP contribution >= 0.6 is 0 Å². The fraction of sp³-hybridized carbons (Fsp3) is 0.667. The minimum atomic E-state index is -1.36. The van der Waals surface area contributed by atoms with Gasteiger partial charge in [0, 0.05) is 12.4 Å². The minimum Gasteiger partial charge on any atom is -0.550 e. The van der Waals surface area contributed by atoms with Gasteiger partial charge in [0.2, 0.25) is 0 Å². The number of carbonyl (C=O) groups is 2. The van der Waals surface area contributed by atoms with Gasteiger partial charge in [-0.2, -0.15) is 0 Å². The highest BCUT2D eigenvalue weighted by Crippen LogP contribution is 1.90. The molecule has 0 bridgehead atoms. The molecule has 0 aromatic heterocycles. The second-order valence-electron chi connectivity index (χ2n) is 1.93. The first-order valence-electron chi connectivity index (χ1n) is 3.20. The van der Waals surface area contributed by atoms with Gasteiger partial charge in [0.1, 0.15) is 6.04 Å². The highest BCUT2D eigenvalue weighted by molar-refractivity contribution is 5.80. The SMILES string of the molecule is CCOC(=O)C(N)CC(=O)[O-]. The van der Waals surface area contributed by atoms with Crippen LogP contribution in [0.25, 0.3) is 0 Å². The monoisotopic (exact) mass is 160 g/mol. The van der Waals surface area contributed by atoms with Crippen molar-refractivity contribution in [3.63, 3.8) is 0 Å². The Hall–Kier alpha value is -1.10. The van der Waals surface area contributed by atoms with Gasteiger partial charge >= 0.3 is 5.97 Å². The van der Waals surface area contributed by atoms with Gasteiger partial charge in [0.05, 0.1) is 6.61 Å². The van der Waals surface area contributed by atoms with E-state index in [4.69, 9.17) is 5.73 Å². The van der Waals surface area contributed by atoms with E-state index in [1.807, 2.05) is 0 Å². The summed E-state index contributed by atoms with van der Waals surface area (Å²) >= 11 is 0. The number of hydrogen-bond acceptors (Lipinski definition) is 5. The lowest BCUT2D eigenvalue weighted by Gasteiger charge is -2.09. The topological polar surface area (TPSA) is 92.5 Å². The maximum absolute atomic E-state index is 10.6. The van der Waals surface area contributed by atoms with Gasteiger partial charge in [-0.15, -0.1) is 0 Å². The zero-order valence-corrected chi connectivity index (χ0v) is 6.20. The molecule has 1 unspecified atom stereocenters. The van der Waals surface area contributed by atoms with Gasteiger partial charge in [-0.1, -0.05) is 0 Å². The molecule has 0 radical (unpaired) electrons. The molecule has 0 aromatic carbocycles. The highest BCUT2D eigenvalue weighted by atomic mass is 16.5. The predicted octanol–water partition coefficient (Wildman–Crippen LogP) is -1.98. The number of aliphatic carboxylic acids is 1. The number of ether oxygens (including phenoxy) is 1. The van der Waals surface area contributed by atoms with E-state index >= 15 is 0 Å². The molecule has 0 aliphatic heterocycles. The van der Waals surface area contributed by atoms with Crippen LogP contribution in [0.5, 0.6) is 0 Å². The second kappa shape index (κ2) is 4.68. The Morgan fingerprint density at radius 1 is 1.64 bits per heavy atom. The smallest absolute Gasteiger partial charge is 0.323 e. The molecular formula is C6H10NO4-. The van der Waals surface area contributed by atoms with Crippen LogP contribution in [-0.2, 0) is 14.3 Å². The minimum absolute atomic E-state index is 0.194. The summed E-state index contributed by atoms with van der Waals surface area (Å²) in [7, 11) is 0. The van der Waals surface area contributed by atoms with Gasteiger partial charge < -0.3 is 20.4 Å². The Morgan fingerprint density at radius 3 is 2.55 bits per heavy atom. The fourth-order valence-electron chi connectivity index (χ4n) is 0.512. The summed E-state index contributed by atoms with van der Waals surface area (Å²) in [6.45, 7) is 1.81. The number of esters is 1. The predicted molar refractivity (Wildman–Crippen MR) is 34.2 cm³/mol. The van der Waals surface area contributed by atoms with Crippen LogP contribution in [0.15, 0.2) is 0 Å². The van der Waals surface area contributed by atoms with E-state index in [1.54, 1.807) is 6.92 Å². The number of rotatable bonds is 4. The van der Waals surface area contributed by atoms with Crippen molar-refractivity contribution in [2.45, 2.75) is 19.4 Å². The summed E-state index contributed by atoms with van der Waals surface area (Å²) in [6, 6.07) is -1.11. The van der Waals surface area contributed by atoms with Crippen LogP contribution in [0.3, 0.4) is 0 Å². The second-order valence-corrected chi connectivity index (χ2v) is 1.93. The lowest BCUT2D eigenvalue weighted by atomic mass is 10.2. The molecule has 5 heteroatoms. The molecule has 0 fully saturated rings. The van der Waals surface area contributed by atoms with Crippen molar-refractivity contribution in [1.82, 2.24) is 0 Å². The summed E-state index contributed by atoms with van der Waals surface area (Å²) in [6.07, 6.45) is -0.501. The van der Waals surface area contributed by atoms with E-state index in [0.717, 1.165) is 0 Å². The van der Waals surface area contributed by atoms with Crippen molar-refractivity contribution in [1.29, 1.82) is 0 Å². The fourth-order valence-corrected chi connectivity index (χ4v) is 0.512. The summed E-state index contributed by atoms with van der Waals surface area (Å²) in [5.41, 5.74) is 5.11. The van der Waals surface area contributed by atoms with Crippen LogP contribution < -0.4 is 10.8 Å². The molecule has 0 rings (SSSR count). The van der Waals surface area contributed by atoms with Crippen molar-refractivity contribution in [2.75, 3.05) is 6.61 Å². The average molecular weight is 160 g/mol. The van der Waals surface area contributed by atoms with Crippen LogP contribution in [0.2, 0.25) is 0 Å². The molecule has 0 aliphatic rings. The summed E-state index contributed by atoms with van der Waals surface area (Å²) in [4.78, 5) is 20.6. The van der Waals surface area contributed by atoms with Crippen molar-refractivity contribution >= 4 is 11.9 Å². The standard InChI is InChI=1S/C6H11NO4/c1-2-11-6(10)4(7)3-5(8)9/h4H,2-3,7H2,1H3,(H,8,9)/p-1. The van der Waals surface area contributed by atoms with Crippen molar-refractivity contribution in [3.8, 4) is 0 Å². The highest BCUT2D eigenvalue weighted by Gasteiger charge is 2.13. The molecule has 1 atom stereocenters. The van der Waals surface area contributed by atoms with Crippen molar-refractivity contribution < 1.29 is 19.4 Å². The number of hydrogen-bond donors (Lipinski definition) is 1.